The highest BCUT2D eigenvalue weighted by Crippen LogP contribution is 2.23. The van der Waals surface area contributed by atoms with E-state index in [1.54, 1.807) is 30.3 Å². The summed E-state index contributed by atoms with van der Waals surface area (Å²) in [4.78, 5) is 61.1. The van der Waals surface area contributed by atoms with E-state index >= 15 is 0 Å². The van der Waals surface area contributed by atoms with E-state index in [-0.39, 0.29) is 34.0 Å². The Balaban J connectivity index is 1.57. The molecule has 2 amide bonds. The fourth-order valence-electron chi connectivity index (χ4n) is 3.41. The minimum atomic E-state index is -0.990. The van der Waals surface area contributed by atoms with E-state index in [1.807, 2.05) is 0 Å². The summed E-state index contributed by atoms with van der Waals surface area (Å²) in [5.74, 6) is -2.60. The van der Waals surface area contributed by atoms with E-state index < -0.39 is 29.4 Å². The van der Waals surface area contributed by atoms with Gasteiger partial charge in [-0.25, -0.2) is 4.79 Å². The van der Waals surface area contributed by atoms with Crippen LogP contribution in [0.15, 0.2) is 65.5 Å². The highest BCUT2D eigenvalue weighted by molar-refractivity contribution is 6.23. The SMILES string of the molecule is CC(OC(=O)c1ccc(-n2c(N)c3c(cc2=O)C(=O)NC3=O)cc1)C(=O)c1ccccc1. The Morgan fingerprint density at radius 3 is 2.25 bits per heavy atom. The molecule has 0 saturated carbocycles. The molecule has 2 aromatic carbocycles. The molecule has 32 heavy (non-hydrogen) atoms. The fraction of sp³-hybridized carbons (Fsp3) is 0.0870. The Morgan fingerprint density at radius 1 is 0.938 bits per heavy atom. The molecule has 1 aromatic heterocycles. The second kappa shape index (κ2) is 7.95. The fourth-order valence-corrected chi connectivity index (χ4v) is 3.41. The van der Waals surface area contributed by atoms with Crippen molar-refractivity contribution >= 4 is 29.4 Å². The first-order chi connectivity index (χ1) is 15.3. The number of ketones is 1. The Bertz CT molecular complexity index is 1330. The van der Waals surface area contributed by atoms with Crippen LogP contribution in [0.3, 0.4) is 0 Å². The van der Waals surface area contributed by atoms with Crippen LogP contribution in [-0.2, 0) is 4.74 Å². The molecule has 160 valence electrons. The summed E-state index contributed by atoms with van der Waals surface area (Å²) in [6, 6.07) is 15.2. The number of hydrogen-bond acceptors (Lipinski definition) is 7. The molecule has 0 bridgehead atoms. The van der Waals surface area contributed by atoms with Gasteiger partial charge in [-0.2, -0.15) is 0 Å². The van der Waals surface area contributed by atoms with Crippen LogP contribution in [0, 0.1) is 0 Å². The first-order valence-corrected chi connectivity index (χ1v) is 9.60. The number of carbonyl (C=O) groups is 4. The third-order valence-electron chi connectivity index (χ3n) is 5.03. The second-order valence-electron chi connectivity index (χ2n) is 7.10. The van der Waals surface area contributed by atoms with Crippen molar-refractivity contribution < 1.29 is 23.9 Å². The Morgan fingerprint density at radius 2 is 1.59 bits per heavy atom. The highest BCUT2D eigenvalue weighted by Gasteiger charge is 2.31. The molecule has 0 radical (unpaired) electrons. The summed E-state index contributed by atoms with van der Waals surface area (Å²) in [7, 11) is 0. The van der Waals surface area contributed by atoms with Gasteiger partial charge in [0.25, 0.3) is 17.4 Å². The van der Waals surface area contributed by atoms with Crippen LogP contribution in [0.4, 0.5) is 5.82 Å². The summed E-state index contributed by atoms with van der Waals surface area (Å²) in [6.45, 7) is 1.48. The molecule has 1 unspecified atom stereocenters. The first kappa shape index (κ1) is 20.7. The lowest BCUT2D eigenvalue weighted by Gasteiger charge is -2.14. The number of nitrogen functional groups attached to an aromatic ring is 1. The van der Waals surface area contributed by atoms with Crippen molar-refractivity contribution in [1.82, 2.24) is 9.88 Å². The number of carbonyl (C=O) groups excluding carboxylic acids is 4. The van der Waals surface area contributed by atoms with Crippen LogP contribution in [0.1, 0.15) is 48.4 Å². The van der Waals surface area contributed by atoms with Gasteiger partial charge in [0.05, 0.1) is 22.4 Å². The van der Waals surface area contributed by atoms with Crippen LogP contribution in [0.25, 0.3) is 5.69 Å². The minimum Gasteiger partial charge on any atom is -0.451 e. The van der Waals surface area contributed by atoms with E-state index in [4.69, 9.17) is 10.5 Å². The maximum absolute atomic E-state index is 12.5. The number of Topliss-reactive ketones (excluding diaryl/α,β-unsaturated/α-hetero) is 1. The topological polar surface area (TPSA) is 138 Å². The average Bonchev–Trinajstić information content (AvgIpc) is 3.07. The third kappa shape index (κ3) is 3.56. The first-order valence-electron chi connectivity index (χ1n) is 9.60. The van der Waals surface area contributed by atoms with Crippen LogP contribution < -0.4 is 16.6 Å². The Hall–Kier alpha value is -4.53. The maximum atomic E-state index is 12.5. The molecule has 9 nitrogen and oxygen atoms in total. The number of hydrogen-bond donors (Lipinski definition) is 2. The molecule has 2 heterocycles. The van der Waals surface area contributed by atoms with Gasteiger partial charge in [0.1, 0.15) is 5.82 Å². The van der Waals surface area contributed by atoms with E-state index in [0.29, 0.717) is 5.56 Å². The van der Waals surface area contributed by atoms with E-state index in [2.05, 4.69) is 5.32 Å². The molecule has 0 aliphatic carbocycles. The van der Waals surface area contributed by atoms with Gasteiger partial charge in [-0.1, -0.05) is 30.3 Å². The molecule has 3 N–H and O–H groups in total. The molecule has 4 rings (SSSR count). The Kier molecular flexibility index (Phi) is 5.15. The number of anilines is 1. The monoisotopic (exact) mass is 431 g/mol. The van der Waals surface area contributed by atoms with Crippen molar-refractivity contribution in [2.24, 2.45) is 0 Å². The predicted molar refractivity (Wildman–Crippen MR) is 114 cm³/mol. The number of imide groups is 1. The number of esters is 1. The number of benzene rings is 2. The van der Waals surface area contributed by atoms with Crippen molar-refractivity contribution in [1.29, 1.82) is 0 Å². The minimum absolute atomic E-state index is 0.0775. The molecule has 3 aromatic rings. The lowest BCUT2D eigenvalue weighted by molar-refractivity contribution is 0.0319. The van der Waals surface area contributed by atoms with Crippen molar-refractivity contribution in [2.75, 3.05) is 5.73 Å². The van der Waals surface area contributed by atoms with Crippen LogP contribution in [-0.4, -0.2) is 34.2 Å². The number of ether oxygens (including phenoxy) is 1. The van der Waals surface area contributed by atoms with Gasteiger partial charge in [0.15, 0.2) is 6.10 Å². The van der Waals surface area contributed by atoms with E-state index in [9.17, 15) is 24.0 Å². The molecule has 0 spiro atoms. The molecular formula is C23H17N3O6. The highest BCUT2D eigenvalue weighted by atomic mass is 16.5. The summed E-state index contributed by atoms with van der Waals surface area (Å²) >= 11 is 0. The molecular weight excluding hydrogens is 414 g/mol. The summed E-state index contributed by atoms with van der Waals surface area (Å²) in [6.07, 6.45) is -0.990. The zero-order chi connectivity index (χ0) is 23.0. The molecule has 1 aliphatic heterocycles. The number of aromatic nitrogens is 1. The number of nitrogens with two attached hydrogens (primary N) is 1. The van der Waals surface area contributed by atoms with Crippen molar-refractivity contribution in [3.05, 3.63) is 93.3 Å². The Labute approximate surface area is 181 Å². The number of rotatable bonds is 5. The van der Waals surface area contributed by atoms with Gasteiger partial charge >= 0.3 is 5.97 Å². The number of fused-ring (bicyclic) bond motifs is 1. The smallest absolute Gasteiger partial charge is 0.338 e. The maximum Gasteiger partial charge on any atom is 0.338 e. The third-order valence-corrected chi connectivity index (χ3v) is 5.03. The number of pyridine rings is 1. The summed E-state index contributed by atoms with van der Waals surface area (Å²) < 4.78 is 6.32. The quantitative estimate of drug-likeness (QED) is 0.356. The largest absolute Gasteiger partial charge is 0.451 e. The van der Waals surface area contributed by atoms with Gasteiger partial charge in [-0.15, -0.1) is 0 Å². The zero-order valence-corrected chi connectivity index (χ0v) is 16.8. The number of amides is 2. The standard InChI is InChI=1S/C23H17N3O6/c1-12(19(28)13-5-3-2-4-6-13)32-23(31)14-7-9-15(10-8-14)26-17(27)11-16-18(20(26)24)22(30)25-21(16)29/h2-12H,24H2,1H3,(H,25,29,30). The van der Waals surface area contributed by atoms with Crippen molar-refractivity contribution in [3.63, 3.8) is 0 Å². The van der Waals surface area contributed by atoms with Gasteiger partial charge < -0.3 is 10.5 Å². The van der Waals surface area contributed by atoms with Crippen LogP contribution in [0.2, 0.25) is 0 Å². The summed E-state index contributed by atoms with van der Waals surface area (Å²) in [5.41, 5.74) is 6.10. The lowest BCUT2D eigenvalue weighted by atomic mass is 10.1. The van der Waals surface area contributed by atoms with Crippen molar-refractivity contribution in [2.45, 2.75) is 13.0 Å². The normalized spacial score (nSPS) is 13.3. The average molecular weight is 431 g/mol. The lowest BCUT2D eigenvalue weighted by Crippen LogP contribution is -2.25. The van der Waals surface area contributed by atoms with Gasteiger partial charge in [-0.3, -0.25) is 29.1 Å². The zero-order valence-electron chi connectivity index (χ0n) is 16.8. The summed E-state index contributed by atoms with van der Waals surface area (Å²) in [5, 5.41) is 2.09. The van der Waals surface area contributed by atoms with E-state index in [0.717, 1.165) is 10.6 Å². The van der Waals surface area contributed by atoms with Crippen LogP contribution >= 0.6 is 0 Å². The van der Waals surface area contributed by atoms with Crippen molar-refractivity contribution in [3.8, 4) is 5.69 Å². The molecule has 0 saturated heterocycles. The molecule has 1 atom stereocenters. The predicted octanol–water partition coefficient (Wildman–Crippen LogP) is 1.73. The number of nitrogens with zero attached hydrogens (tertiary/aromatic N) is 1. The van der Waals surface area contributed by atoms with E-state index in [1.165, 1.54) is 31.2 Å². The second-order valence-corrected chi connectivity index (χ2v) is 7.10. The molecule has 9 heteroatoms. The molecule has 1 aliphatic rings. The molecule has 0 fully saturated rings. The van der Waals surface area contributed by atoms with Gasteiger partial charge in [-0.05, 0) is 31.2 Å². The van der Waals surface area contributed by atoms with Gasteiger partial charge in [0, 0.05) is 11.6 Å². The van der Waals surface area contributed by atoms with Crippen LogP contribution in [0.5, 0.6) is 0 Å². The van der Waals surface area contributed by atoms with Gasteiger partial charge in [0.2, 0.25) is 5.78 Å². The number of nitrogens with one attached hydrogen (secondary N) is 1.